The van der Waals surface area contributed by atoms with E-state index in [9.17, 15) is 4.79 Å². The highest BCUT2D eigenvalue weighted by molar-refractivity contribution is 5.72. The molecule has 0 bridgehead atoms. The Hall–Kier alpha value is -0.610. The highest BCUT2D eigenvalue weighted by Crippen LogP contribution is 2.07. The zero-order chi connectivity index (χ0) is 8.31. The van der Waals surface area contributed by atoms with Gasteiger partial charge in [-0.3, -0.25) is 0 Å². The van der Waals surface area contributed by atoms with E-state index in [2.05, 4.69) is 0 Å². The minimum atomic E-state index is -1.47. The third kappa shape index (κ3) is 2.33. The van der Waals surface area contributed by atoms with Crippen molar-refractivity contribution >= 4 is 5.97 Å². The molecule has 0 spiro atoms. The summed E-state index contributed by atoms with van der Waals surface area (Å²) in [7, 11) is 0. The van der Waals surface area contributed by atoms with Crippen molar-refractivity contribution in [3.63, 3.8) is 0 Å². The van der Waals surface area contributed by atoms with E-state index in [1.165, 1.54) is 13.8 Å². The minimum absolute atomic E-state index is 0.627. The third-order valence-corrected chi connectivity index (χ3v) is 1.51. The van der Waals surface area contributed by atoms with Gasteiger partial charge < -0.3 is 15.3 Å². The zero-order valence-corrected chi connectivity index (χ0v) is 5.98. The van der Waals surface area contributed by atoms with Crippen LogP contribution in [-0.4, -0.2) is 33.5 Å². The van der Waals surface area contributed by atoms with Crippen LogP contribution in [0.5, 0.6) is 0 Å². The first-order valence-electron chi connectivity index (χ1n) is 3.05. The van der Waals surface area contributed by atoms with Gasteiger partial charge >= 0.3 is 5.97 Å². The Labute approximate surface area is 59.1 Å². The molecule has 0 aliphatic rings. The molecular weight excluding hydrogens is 136 g/mol. The van der Waals surface area contributed by atoms with E-state index in [-0.39, 0.29) is 0 Å². The van der Waals surface area contributed by atoms with Crippen LogP contribution < -0.4 is 0 Å². The summed E-state index contributed by atoms with van der Waals surface area (Å²) in [5.74, 6) is -1.93. The Bertz CT molecular complexity index is 121. The van der Waals surface area contributed by atoms with E-state index in [0.29, 0.717) is 0 Å². The van der Waals surface area contributed by atoms with Gasteiger partial charge in [0, 0.05) is 5.92 Å². The highest BCUT2D eigenvalue weighted by Gasteiger charge is 2.24. The lowest BCUT2D eigenvalue weighted by Gasteiger charge is -2.16. The van der Waals surface area contributed by atoms with Crippen LogP contribution in [0.4, 0.5) is 0 Å². The van der Waals surface area contributed by atoms with Crippen molar-refractivity contribution in [2.75, 3.05) is 0 Å². The number of carboxylic acid groups (broad SMARTS) is 1. The molecule has 4 heteroatoms. The average molecular weight is 148 g/mol. The molecule has 4 nitrogen and oxygen atoms in total. The molecule has 60 valence electrons. The minimum Gasteiger partial charge on any atom is -0.479 e. The smallest absolute Gasteiger partial charge is 0.332 e. The standard InChI is InChI=1S/C6H12O4/c1-3(4(2)7)5(8)6(9)10/h3-5,7-8H,1-2H3,(H,9,10)/t3-,4?,5-/m0/s1. The van der Waals surface area contributed by atoms with Crippen LogP contribution in [0.25, 0.3) is 0 Å². The molecule has 3 atom stereocenters. The normalized spacial score (nSPS) is 19.6. The van der Waals surface area contributed by atoms with Crippen LogP contribution in [0.1, 0.15) is 13.8 Å². The number of carboxylic acids is 1. The monoisotopic (exact) mass is 148 g/mol. The van der Waals surface area contributed by atoms with E-state index >= 15 is 0 Å². The number of carbonyl (C=O) groups is 1. The van der Waals surface area contributed by atoms with Crippen LogP contribution >= 0.6 is 0 Å². The quantitative estimate of drug-likeness (QED) is 0.501. The summed E-state index contributed by atoms with van der Waals surface area (Å²) in [4.78, 5) is 10.1. The van der Waals surface area contributed by atoms with Crippen molar-refractivity contribution in [2.45, 2.75) is 26.1 Å². The SMILES string of the molecule is CC(O)[C@H](C)[C@H](O)C(=O)O. The van der Waals surface area contributed by atoms with E-state index in [1.54, 1.807) is 0 Å². The van der Waals surface area contributed by atoms with Crippen LogP contribution in [-0.2, 0) is 4.79 Å². The predicted molar refractivity (Wildman–Crippen MR) is 34.5 cm³/mol. The molecular formula is C6H12O4. The summed E-state index contributed by atoms with van der Waals surface area (Å²) in [5.41, 5.74) is 0. The summed E-state index contributed by atoms with van der Waals surface area (Å²) in [6, 6.07) is 0. The topological polar surface area (TPSA) is 77.8 Å². The number of hydrogen-bond donors (Lipinski definition) is 3. The lowest BCUT2D eigenvalue weighted by molar-refractivity contribution is -0.151. The summed E-state index contributed by atoms with van der Waals surface area (Å²) in [6.45, 7) is 2.92. The van der Waals surface area contributed by atoms with Gasteiger partial charge in [0.25, 0.3) is 0 Å². The Morgan fingerprint density at radius 2 is 1.70 bits per heavy atom. The lowest BCUT2D eigenvalue weighted by atomic mass is 10.00. The van der Waals surface area contributed by atoms with Gasteiger partial charge in [0.05, 0.1) is 6.10 Å². The number of aliphatic carboxylic acids is 1. The molecule has 0 aromatic rings. The molecule has 0 saturated carbocycles. The van der Waals surface area contributed by atoms with E-state index < -0.39 is 24.1 Å². The maximum Gasteiger partial charge on any atom is 0.332 e. The first-order chi connectivity index (χ1) is 4.46. The van der Waals surface area contributed by atoms with Crippen molar-refractivity contribution in [2.24, 2.45) is 5.92 Å². The van der Waals surface area contributed by atoms with Crippen molar-refractivity contribution in [1.29, 1.82) is 0 Å². The van der Waals surface area contributed by atoms with E-state index in [1.807, 2.05) is 0 Å². The van der Waals surface area contributed by atoms with E-state index in [4.69, 9.17) is 15.3 Å². The van der Waals surface area contributed by atoms with Crippen LogP contribution in [0.15, 0.2) is 0 Å². The van der Waals surface area contributed by atoms with Gasteiger partial charge in [-0.05, 0) is 6.92 Å². The van der Waals surface area contributed by atoms with E-state index in [0.717, 1.165) is 0 Å². The summed E-state index contributed by atoms with van der Waals surface area (Å²) >= 11 is 0. The van der Waals surface area contributed by atoms with Gasteiger partial charge in [-0.15, -0.1) is 0 Å². The molecule has 0 aliphatic heterocycles. The fourth-order valence-electron chi connectivity index (χ4n) is 0.489. The van der Waals surface area contributed by atoms with Crippen LogP contribution in [0, 0.1) is 5.92 Å². The van der Waals surface area contributed by atoms with Gasteiger partial charge in [-0.25, -0.2) is 4.79 Å². The Morgan fingerprint density at radius 1 is 1.30 bits per heavy atom. The molecule has 0 aliphatic carbocycles. The van der Waals surface area contributed by atoms with Crippen LogP contribution in [0.3, 0.4) is 0 Å². The average Bonchev–Trinajstić information content (AvgIpc) is 1.84. The fourth-order valence-corrected chi connectivity index (χ4v) is 0.489. The Balaban J connectivity index is 3.94. The number of aliphatic hydroxyl groups excluding tert-OH is 2. The highest BCUT2D eigenvalue weighted by atomic mass is 16.4. The van der Waals surface area contributed by atoms with Gasteiger partial charge in [0.15, 0.2) is 6.10 Å². The number of hydrogen-bond acceptors (Lipinski definition) is 3. The molecule has 1 unspecified atom stereocenters. The Kier molecular flexibility index (Phi) is 3.32. The van der Waals surface area contributed by atoms with Crippen molar-refractivity contribution in [1.82, 2.24) is 0 Å². The first kappa shape index (κ1) is 9.39. The van der Waals surface area contributed by atoms with Crippen molar-refractivity contribution in [3.8, 4) is 0 Å². The molecule has 0 amide bonds. The second-order valence-electron chi connectivity index (χ2n) is 2.38. The molecule has 0 saturated heterocycles. The molecule has 0 rings (SSSR count). The lowest BCUT2D eigenvalue weighted by Crippen LogP contribution is -2.33. The molecule has 0 aromatic carbocycles. The van der Waals surface area contributed by atoms with Gasteiger partial charge in [-0.1, -0.05) is 6.92 Å². The molecule has 10 heavy (non-hydrogen) atoms. The summed E-state index contributed by atoms with van der Waals surface area (Å²) in [5, 5.41) is 25.9. The molecule has 0 aromatic heterocycles. The largest absolute Gasteiger partial charge is 0.479 e. The predicted octanol–water partition coefficient (Wildman–Crippen LogP) is -0.551. The van der Waals surface area contributed by atoms with Gasteiger partial charge in [0.1, 0.15) is 0 Å². The number of rotatable bonds is 3. The zero-order valence-electron chi connectivity index (χ0n) is 5.98. The molecule has 3 N–H and O–H groups in total. The molecule has 0 fully saturated rings. The van der Waals surface area contributed by atoms with Gasteiger partial charge in [-0.2, -0.15) is 0 Å². The maximum absolute atomic E-state index is 10.1. The number of aliphatic hydroxyl groups is 2. The second kappa shape index (κ2) is 3.53. The second-order valence-corrected chi connectivity index (χ2v) is 2.38. The third-order valence-electron chi connectivity index (χ3n) is 1.51. The van der Waals surface area contributed by atoms with Gasteiger partial charge in [0.2, 0.25) is 0 Å². The first-order valence-corrected chi connectivity index (χ1v) is 3.05. The van der Waals surface area contributed by atoms with Crippen LogP contribution in [0.2, 0.25) is 0 Å². The summed E-state index contributed by atoms with van der Waals surface area (Å²) in [6.07, 6.45) is -2.27. The van der Waals surface area contributed by atoms with Crippen molar-refractivity contribution in [3.05, 3.63) is 0 Å². The van der Waals surface area contributed by atoms with Crippen molar-refractivity contribution < 1.29 is 20.1 Å². The Morgan fingerprint density at radius 3 is 1.80 bits per heavy atom. The maximum atomic E-state index is 10.1. The molecule has 0 heterocycles. The fraction of sp³-hybridized carbons (Fsp3) is 0.833. The summed E-state index contributed by atoms with van der Waals surface area (Å²) < 4.78 is 0. The molecule has 0 radical (unpaired) electrons.